The first-order valence-electron chi connectivity index (χ1n) is 22.2. The van der Waals surface area contributed by atoms with Crippen molar-refractivity contribution in [1.29, 1.82) is 0 Å². The highest BCUT2D eigenvalue weighted by Gasteiger charge is 2.57. The first-order valence-corrected chi connectivity index (χ1v) is 22.2. The quantitative estimate of drug-likeness (QED) is 0.0428. The Morgan fingerprint density at radius 1 is 1.06 bits per heavy atom. The predicted molar refractivity (Wildman–Crippen MR) is 245 cm³/mol. The number of carbonyl (C=O) groups is 4. The number of nitrogens with one attached hydrogen (secondary N) is 3. The second-order valence-electron chi connectivity index (χ2n) is 17.1. The zero-order valence-electron chi connectivity index (χ0n) is 37.8. The van der Waals surface area contributed by atoms with Gasteiger partial charge < -0.3 is 78.0 Å². The summed E-state index contributed by atoms with van der Waals surface area (Å²) in [6, 6.07) is 1.93. The van der Waals surface area contributed by atoms with Gasteiger partial charge in [0.25, 0.3) is 11.8 Å². The molecule has 1 saturated heterocycles. The second-order valence-corrected chi connectivity index (χ2v) is 17.1. The van der Waals surface area contributed by atoms with Gasteiger partial charge in [0, 0.05) is 79.3 Å². The molecule has 7 rings (SSSR count). The van der Waals surface area contributed by atoms with E-state index in [4.69, 9.17) is 31.4 Å². The third-order valence-electron chi connectivity index (χ3n) is 13.0. The summed E-state index contributed by atoms with van der Waals surface area (Å²) in [5, 5.41) is 78.0. The molecular weight excluding hydrogens is 885 g/mol. The molecule has 1 unspecified atom stereocenters. The molecule has 21 nitrogen and oxygen atoms in total. The minimum atomic E-state index is -2.46. The highest BCUT2D eigenvalue weighted by molar-refractivity contribution is 6.31. The van der Waals surface area contributed by atoms with Gasteiger partial charge >= 0.3 is 0 Å². The number of imide groups is 1. The summed E-state index contributed by atoms with van der Waals surface area (Å²) in [7, 11) is 2.78. The highest BCUT2D eigenvalue weighted by Crippen LogP contribution is 2.47. The van der Waals surface area contributed by atoms with Gasteiger partial charge in [-0.15, -0.1) is 0 Å². The molecule has 2 aromatic carbocycles. The van der Waals surface area contributed by atoms with Crippen LogP contribution in [0.4, 0.5) is 0 Å². The van der Waals surface area contributed by atoms with Gasteiger partial charge in [-0.25, -0.2) is 0 Å². The van der Waals surface area contributed by atoms with Crippen LogP contribution in [0.2, 0.25) is 0 Å². The topological polar surface area (TPSA) is 347 Å². The molecule has 15 N–H and O–H groups in total. The minimum Gasteiger partial charge on any atom is -0.507 e. The van der Waals surface area contributed by atoms with E-state index < -0.39 is 84.3 Å². The molecule has 1 fully saturated rings. The summed E-state index contributed by atoms with van der Waals surface area (Å²) in [5.41, 5.74) is 17.0. The standard InChI is InChI=1S/C47H58N8O13/c1-4-26-29(66-3)17-30(67-45-43(63)44(64)47(65,31(21-57)68-45)18-25(23-11-13-52-33(49)16-23)20-55-34(58)9-10-35(55)59)39-37(26)40(60)27-15-24(7-5-22-6-8-32(48)53-19-22)36(41(61)38(27)42(39)62)28(12-14-56)54-46(50)51-2/h6,8-11,15-17,19,25,28,31-32,43-45,52-53,56-57,61,63-65H,4-5,7,12-14,18,20-21,48-49H2,1-3H3,(H3,50,51,54)/t25-,28+,31-,32?,43-,44-,45-,47-/m1/s1. The van der Waals surface area contributed by atoms with Gasteiger partial charge in [-0.1, -0.05) is 19.1 Å². The van der Waals surface area contributed by atoms with Gasteiger partial charge in [0.2, 0.25) is 12.1 Å². The number of aromatic hydroxyl groups is 1. The number of hydrogen-bond donors (Lipinski definition) is 12. The highest BCUT2D eigenvalue weighted by atomic mass is 16.7. The summed E-state index contributed by atoms with van der Waals surface area (Å²) < 4.78 is 18.0. The van der Waals surface area contributed by atoms with Crippen LogP contribution in [0.5, 0.6) is 17.2 Å². The largest absolute Gasteiger partial charge is 0.507 e. The first kappa shape index (κ1) is 49.3. The van der Waals surface area contributed by atoms with Crippen molar-refractivity contribution in [3.05, 3.63) is 111 Å². The number of aliphatic hydroxyl groups excluding tert-OH is 4. The molecule has 2 amide bonds. The summed E-state index contributed by atoms with van der Waals surface area (Å²) in [6.45, 7) is 0.420. The van der Waals surface area contributed by atoms with E-state index in [0.29, 0.717) is 23.1 Å². The van der Waals surface area contributed by atoms with Gasteiger partial charge in [-0.3, -0.25) is 29.1 Å². The number of carbonyl (C=O) groups excluding carboxylic acids is 4. The van der Waals surface area contributed by atoms with Crippen LogP contribution in [0.25, 0.3) is 0 Å². The Bertz CT molecular complexity index is 2530. The fourth-order valence-electron chi connectivity index (χ4n) is 9.46. The minimum absolute atomic E-state index is 0.00245. The van der Waals surface area contributed by atoms with E-state index in [2.05, 4.69) is 20.9 Å². The van der Waals surface area contributed by atoms with Crippen LogP contribution in [0.3, 0.4) is 0 Å². The number of aryl methyl sites for hydroxylation is 1. The Balaban J connectivity index is 1.28. The Kier molecular flexibility index (Phi) is 14.7. The Hall–Kier alpha value is -6.59. The number of nitrogens with zero attached hydrogens (tertiary/aromatic N) is 2. The van der Waals surface area contributed by atoms with E-state index >= 15 is 4.79 Å². The van der Waals surface area contributed by atoms with Gasteiger partial charge in [-0.2, -0.15) is 0 Å². The molecule has 21 heteroatoms. The lowest BCUT2D eigenvalue weighted by atomic mass is 9.75. The molecule has 8 atom stereocenters. The van der Waals surface area contributed by atoms with Crippen molar-refractivity contribution in [2.24, 2.45) is 28.1 Å². The lowest BCUT2D eigenvalue weighted by Gasteiger charge is -2.49. The molecule has 2 aromatic rings. The molecule has 5 aliphatic rings. The average molecular weight is 943 g/mol. The number of amides is 2. The van der Waals surface area contributed by atoms with E-state index in [1.807, 2.05) is 6.08 Å². The number of allylic oxidation sites excluding steroid dienone is 3. The smallest absolute Gasteiger partial charge is 0.253 e. The van der Waals surface area contributed by atoms with Crippen molar-refractivity contribution in [2.45, 2.75) is 81.4 Å². The summed E-state index contributed by atoms with van der Waals surface area (Å²) in [4.78, 5) is 60.3. The van der Waals surface area contributed by atoms with Gasteiger partial charge in [0.05, 0.1) is 42.9 Å². The third kappa shape index (κ3) is 9.33. The average Bonchev–Trinajstić information content (AvgIpc) is 3.64. The molecule has 68 heavy (non-hydrogen) atoms. The van der Waals surface area contributed by atoms with Crippen molar-refractivity contribution >= 4 is 29.3 Å². The molecular formula is C47H58N8O13. The molecule has 0 aromatic heterocycles. The first-order chi connectivity index (χ1) is 32.5. The van der Waals surface area contributed by atoms with Crippen LogP contribution in [-0.4, -0.2) is 142 Å². The molecule has 1 aliphatic carbocycles. The number of fused-ring (bicyclic) bond motifs is 2. The number of benzene rings is 2. The molecule has 0 bridgehead atoms. The lowest BCUT2D eigenvalue weighted by Crippen LogP contribution is -2.68. The molecule has 4 aliphatic heterocycles. The van der Waals surface area contributed by atoms with Crippen LogP contribution in [0, 0.1) is 5.92 Å². The Labute approximate surface area is 391 Å². The molecule has 0 radical (unpaired) electrons. The maximum atomic E-state index is 15.1. The maximum Gasteiger partial charge on any atom is 0.253 e. The molecule has 4 heterocycles. The van der Waals surface area contributed by atoms with Crippen LogP contribution in [0.1, 0.15) is 80.8 Å². The van der Waals surface area contributed by atoms with Crippen LogP contribution >= 0.6 is 0 Å². The number of aliphatic hydroxyl groups is 5. The Morgan fingerprint density at radius 3 is 2.41 bits per heavy atom. The number of hydrogen-bond acceptors (Lipinski definition) is 18. The van der Waals surface area contributed by atoms with Crippen LogP contribution in [-0.2, 0) is 27.2 Å². The van der Waals surface area contributed by atoms with Gasteiger partial charge in [0.15, 0.2) is 11.7 Å². The SMILES string of the molecule is CCc1c(OC)cc(O[C@@H]2O[C@H](CO)[C@](O)(C[C@H](CN3C(=O)C=CC3=O)C3=CCNC(N)=C3)[C@H](O)[C@H]2O)c2c1C(=O)c1cc(CCC3=CNC(N)C=C3)c([C@H](CCO)NC(N)=NC)c(O)c1C2=O. The summed E-state index contributed by atoms with van der Waals surface area (Å²) in [6.07, 6.45) is 2.98. The fraction of sp³-hybridized carbons (Fsp3) is 0.426. The number of ether oxygens (including phenoxy) is 3. The lowest BCUT2D eigenvalue weighted by molar-refractivity contribution is -0.316. The third-order valence-corrected chi connectivity index (χ3v) is 13.0. The number of ketones is 2. The number of phenols is 1. The summed E-state index contributed by atoms with van der Waals surface area (Å²) in [5.74, 6) is -4.25. The van der Waals surface area contributed by atoms with Crippen LogP contribution < -0.4 is 42.6 Å². The van der Waals surface area contributed by atoms with E-state index in [1.165, 1.54) is 32.4 Å². The number of rotatable bonds is 17. The predicted octanol–water partition coefficient (Wildman–Crippen LogP) is -1.23. The molecule has 0 spiro atoms. The number of aliphatic imine (C=N–C) groups is 1. The Morgan fingerprint density at radius 2 is 1.79 bits per heavy atom. The van der Waals surface area contributed by atoms with Crippen molar-refractivity contribution in [3.8, 4) is 17.2 Å². The zero-order chi connectivity index (χ0) is 49.2. The van der Waals surface area contributed by atoms with Crippen molar-refractivity contribution in [3.63, 3.8) is 0 Å². The second kappa shape index (κ2) is 20.3. The van der Waals surface area contributed by atoms with Crippen molar-refractivity contribution in [2.75, 3.05) is 40.5 Å². The number of methoxy groups -OCH3 is 1. The zero-order valence-corrected chi connectivity index (χ0v) is 37.8. The van der Waals surface area contributed by atoms with Gasteiger partial charge in [0.1, 0.15) is 41.2 Å². The number of nitrogens with two attached hydrogens (primary N) is 3. The normalized spacial score (nSPS) is 25.4. The van der Waals surface area contributed by atoms with Crippen molar-refractivity contribution in [1.82, 2.24) is 20.9 Å². The van der Waals surface area contributed by atoms with Crippen LogP contribution in [0.15, 0.2) is 76.7 Å². The maximum absolute atomic E-state index is 15.1. The fourth-order valence-corrected chi connectivity index (χ4v) is 9.46. The molecule has 0 saturated carbocycles. The van der Waals surface area contributed by atoms with E-state index in [0.717, 1.165) is 22.6 Å². The number of dihydropyridines is 2. The molecule has 364 valence electrons. The van der Waals surface area contributed by atoms with E-state index in [9.17, 15) is 45.0 Å². The van der Waals surface area contributed by atoms with E-state index in [-0.39, 0.29) is 96.2 Å². The van der Waals surface area contributed by atoms with Crippen molar-refractivity contribution < 1.29 is 64.0 Å². The van der Waals surface area contributed by atoms with E-state index in [1.54, 1.807) is 25.3 Å². The number of guanidine groups is 1. The monoisotopic (exact) mass is 942 g/mol. The van der Waals surface area contributed by atoms with Gasteiger partial charge in [-0.05, 0) is 67.0 Å². The number of phenolic OH excluding ortho intramolecular Hbond substituents is 1. The summed E-state index contributed by atoms with van der Waals surface area (Å²) >= 11 is 0.